The van der Waals surface area contributed by atoms with Gasteiger partial charge in [0, 0.05) is 23.5 Å². The summed E-state index contributed by atoms with van der Waals surface area (Å²) in [5.41, 5.74) is 8.61. The molecule has 3 rings (SSSR count). The summed E-state index contributed by atoms with van der Waals surface area (Å²) in [5.74, 6) is -2.54. The first-order chi connectivity index (χ1) is 16.2. The Morgan fingerprint density at radius 3 is 2.29 bits per heavy atom. The number of carbonyl (C=O) groups is 3. The van der Waals surface area contributed by atoms with Crippen molar-refractivity contribution >= 4 is 28.7 Å². The first-order valence-corrected chi connectivity index (χ1v) is 11.1. The van der Waals surface area contributed by atoms with Gasteiger partial charge in [0.1, 0.15) is 17.8 Å². The van der Waals surface area contributed by atoms with E-state index in [4.69, 9.17) is 5.73 Å². The van der Waals surface area contributed by atoms with Gasteiger partial charge in [0.2, 0.25) is 11.8 Å². The minimum absolute atomic E-state index is 0.0280. The largest absolute Gasteiger partial charge is 0.508 e. The molecular weight excluding hydrogens is 436 g/mol. The van der Waals surface area contributed by atoms with Crippen LogP contribution in [0.3, 0.4) is 0 Å². The number of carboxylic acids is 1. The Kier molecular flexibility index (Phi) is 7.91. The number of aromatic amines is 1. The van der Waals surface area contributed by atoms with Gasteiger partial charge < -0.3 is 31.6 Å². The van der Waals surface area contributed by atoms with Crippen molar-refractivity contribution < 1.29 is 24.6 Å². The predicted octanol–water partition coefficient (Wildman–Crippen LogP) is 1.70. The molecule has 0 fully saturated rings. The number of H-pyrrole nitrogens is 1. The highest BCUT2D eigenvalue weighted by Crippen LogP contribution is 2.19. The summed E-state index contributed by atoms with van der Waals surface area (Å²) in [6.45, 7) is 3.51. The van der Waals surface area contributed by atoms with E-state index in [0.717, 1.165) is 16.5 Å². The molecule has 34 heavy (non-hydrogen) atoms. The van der Waals surface area contributed by atoms with Gasteiger partial charge in [-0.3, -0.25) is 9.59 Å². The number of rotatable bonds is 10. The number of carboxylic acid groups (broad SMARTS) is 1. The first kappa shape index (κ1) is 24.8. The zero-order valence-electron chi connectivity index (χ0n) is 19.1. The number of hydrogen-bond acceptors (Lipinski definition) is 5. The third-order valence-corrected chi connectivity index (χ3v) is 5.69. The molecule has 1 aromatic heterocycles. The predicted molar refractivity (Wildman–Crippen MR) is 128 cm³/mol. The van der Waals surface area contributed by atoms with Gasteiger partial charge in [0.25, 0.3) is 0 Å². The van der Waals surface area contributed by atoms with E-state index in [1.54, 1.807) is 26.0 Å². The Morgan fingerprint density at radius 1 is 0.971 bits per heavy atom. The van der Waals surface area contributed by atoms with Gasteiger partial charge in [-0.05, 0) is 41.7 Å². The van der Waals surface area contributed by atoms with E-state index in [0.29, 0.717) is 5.56 Å². The summed E-state index contributed by atoms with van der Waals surface area (Å²) in [4.78, 5) is 40.6. The van der Waals surface area contributed by atoms with E-state index >= 15 is 0 Å². The highest BCUT2D eigenvalue weighted by Gasteiger charge is 2.30. The lowest BCUT2D eigenvalue weighted by Crippen LogP contribution is -2.56. The molecule has 0 saturated heterocycles. The number of phenols is 1. The molecule has 2 aromatic carbocycles. The molecule has 7 N–H and O–H groups in total. The maximum Gasteiger partial charge on any atom is 0.326 e. The summed E-state index contributed by atoms with van der Waals surface area (Å²) in [6, 6.07) is 10.7. The van der Waals surface area contributed by atoms with Gasteiger partial charge in [-0.1, -0.05) is 44.2 Å². The maximum atomic E-state index is 12.9. The van der Waals surface area contributed by atoms with Gasteiger partial charge in [-0.15, -0.1) is 0 Å². The van der Waals surface area contributed by atoms with Crippen molar-refractivity contribution in [3.8, 4) is 5.75 Å². The lowest BCUT2D eigenvalue weighted by molar-refractivity contribution is -0.142. The number of fused-ring (bicyclic) bond motifs is 1. The molecule has 0 aliphatic heterocycles. The Hall–Kier alpha value is -3.85. The Balaban J connectivity index is 1.65. The molecule has 0 spiro atoms. The molecule has 9 heteroatoms. The molecular formula is C25H30N4O5. The standard InChI is InChI=1S/C25H30N4O5/c1-14(2)22(24(32)28-21(25(33)34)11-15-7-9-17(30)10-8-15)29-23(31)19(26)12-16-13-27-20-6-4-3-5-18(16)20/h3-10,13-14,19,21-22,27,30H,11-12,26H2,1-2H3,(H,28,32)(H,29,31)(H,33,34). The van der Waals surface area contributed by atoms with Crippen molar-refractivity contribution in [3.05, 3.63) is 65.9 Å². The van der Waals surface area contributed by atoms with E-state index in [9.17, 15) is 24.6 Å². The summed E-state index contributed by atoms with van der Waals surface area (Å²) in [7, 11) is 0. The molecule has 1 heterocycles. The highest BCUT2D eigenvalue weighted by molar-refractivity contribution is 5.92. The van der Waals surface area contributed by atoms with Crippen LogP contribution in [0.15, 0.2) is 54.7 Å². The lowest BCUT2D eigenvalue weighted by Gasteiger charge is -2.25. The maximum absolute atomic E-state index is 12.9. The van der Waals surface area contributed by atoms with Gasteiger partial charge in [0.15, 0.2) is 0 Å². The van der Waals surface area contributed by atoms with Crippen molar-refractivity contribution in [2.75, 3.05) is 0 Å². The van der Waals surface area contributed by atoms with E-state index in [1.165, 1.54) is 12.1 Å². The Labute approximate surface area is 197 Å². The number of benzene rings is 2. The molecule has 3 atom stereocenters. The Morgan fingerprint density at radius 2 is 1.65 bits per heavy atom. The normalized spacial score (nSPS) is 13.9. The van der Waals surface area contributed by atoms with Crippen molar-refractivity contribution in [2.45, 2.75) is 44.8 Å². The summed E-state index contributed by atoms with van der Waals surface area (Å²) < 4.78 is 0. The molecule has 9 nitrogen and oxygen atoms in total. The molecule has 180 valence electrons. The topological polar surface area (TPSA) is 158 Å². The SMILES string of the molecule is CC(C)C(NC(=O)C(N)Cc1c[nH]c2ccccc12)C(=O)NC(Cc1ccc(O)cc1)C(=O)O. The van der Waals surface area contributed by atoms with Crippen molar-refractivity contribution in [1.82, 2.24) is 15.6 Å². The summed E-state index contributed by atoms with van der Waals surface area (Å²) in [6.07, 6.45) is 2.12. The zero-order chi connectivity index (χ0) is 24.8. The van der Waals surface area contributed by atoms with Crippen molar-refractivity contribution in [1.29, 1.82) is 0 Å². The van der Waals surface area contributed by atoms with Gasteiger partial charge in [0.05, 0.1) is 6.04 Å². The van der Waals surface area contributed by atoms with Crippen LogP contribution in [0.5, 0.6) is 5.75 Å². The van der Waals surface area contributed by atoms with Crippen LogP contribution in [0, 0.1) is 5.92 Å². The van der Waals surface area contributed by atoms with Gasteiger partial charge in [-0.25, -0.2) is 4.79 Å². The van der Waals surface area contributed by atoms with E-state index in [2.05, 4.69) is 15.6 Å². The van der Waals surface area contributed by atoms with Crippen LogP contribution in [0.1, 0.15) is 25.0 Å². The summed E-state index contributed by atoms with van der Waals surface area (Å²) >= 11 is 0. The van der Waals surface area contributed by atoms with Crippen molar-refractivity contribution in [3.63, 3.8) is 0 Å². The van der Waals surface area contributed by atoms with Crippen molar-refractivity contribution in [2.24, 2.45) is 11.7 Å². The zero-order valence-corrected chi connectivity index (χ0v) is 19.1. The average molecular weight is 467 g/mol. The van der Waals surface area contributed by atoms with E-state index in [-0.39, 0.29) is 24.5 Å². The second-order valence-corrected chi connectivity index (χ2v) is 8.67. The van der Waals surface area contributed by atoms with Crippen LogP contribution < -0.4 is 16.4 Å². The molecule has 0 radical (unpaired) electrons. The molecule has 0 bridgehead atoms. The second-order valence-electron chi connectivity index (χ2n) is 8.67. The quantitative estimate of drug-likeness (QED) is 0.267. The number of aliphatic carboxylic acids is 1. The summed E-state index contributed by atoms with van der Waals surface area (Å²) in [5, 5.41) is 25.2. The van der Waals surface area contributed by atoms with Gasteiger partial charge >= 0.3 is 5.97 Å². The van der Waals surface area contributed by atoms with Crippen LogP contribution >= 0.6 is 0 Å². The van der Waals surface area contributed by atoms with Crippen LogP contribution in [-0.2, 0) is 27.2 Å². The molecule has 0 saturated carbocycles. The fraction of sp³-hybridized carbons (Fsp3) is 0.320. The molecule has 3 aromatic rings. The number of hydrogen-bond donors (Lipinski definition) is 6. The van der Waals surface area contributed by atoms with E-state index < -0.39 is 35.9 Å². The fourth-order valence-electron chi connectivity index (χ4n) is 3.75. The van der Waals surface area contributed by atoms with E-state index in [1.807, 2.05) is 30.5 Å². The molecule has 0 aliphatic carbocycles. The number of aromatic hydroxyl groups is 1. The van der Waals surface area contributed by atoms with Gasteiger partial charge in [-0.2, -0.15) is 0 Å². The minimum atomic E-state index is -1.20. The number of amides is 2. The average Bonchev–Trinajstić information content (AvgIpc) is 3.20. The Bertz CT molecular complexity index is 1160. The minimum Gasteiger partial charge on any atom is -0.508 e. The number of nitrogens with one attached hydrogen (secondary N) is 3. The molecule has 2 amide bonds. The third-order valence-electron chi connectivity index (χ3n) is 5.69. The van der Waals surface area contributed by atoms with Crippen LogP contribution in [0.2, 0.25) is 0 Å². The molecule has 3 unspecified atom stereocenters. The smallest absolute Gasteiger partial charge is 0.326 e. The number of nitrogens with two attached hydrogens (primary N) is 1. The number of aromatic nitrogens is 1. The van der Waals surface area contributed by atoms with Crippen LogP contribution in [-0.4, -0.2) is 51.1 Å². The highest BCUT2D eigenvalue weighted by atomic mass is 16.4. The van der Waals surface area contributed by atoms with Crippen LogP contribution in [0.4, 0.5) is 0 Å². The van der Waals surface area contributed by atoms with Crippen LogP contribution in [0.25, 0.3) is 10.9 Å². The number of phenolic OH excluding ortho intramolecular Hbond substituents is 1. The first-order valence-electron chi connectivity index (χ1n) is 11.1. The number of para-hydroxylation sites is 1. The number of carbonyl (C=O) groups excluding carboxylic acids is 2. The fourth-order valence-corrected chi connectivity index (χ4v) is 3.75. The molecule has 0 aliphatic rings. The lowest BCUT2D eigenvalue weighted by atomic mass is 10.00. The second kappa shape index (κ2) is 10.8. The third kappa shape index (κ3) is 6.14. The monoisotopic (exact) mass is 466 g/mol.